The van der Waals surface area contributed by atoms with Gasteiger partial charge in [-0.05, 0) is 24.6 Å². The van der Waals surface area contributed by atoms with E-state index in [9.17, 15) is 4.79 Å². The number of hydrogen-bond acceptors (Lipinski definition) is 3. The van der Waals surface area contributed by atoms with Crippen LogP contribution in [0.4, 0.5) is 0 Å². The molecule has 0 aliphatic rings. The maximum atomic E-state index is 11.2. The average molecular weight is 228 g/mol. The van der Waals surface area contributed by atoms with E-state index in [0.29, 0.717) is 5.02 Å². The van der Waals surface area contributed by atoms with Crippen molar-refractivity contribution in [2.24, 2.45) is 5.73 Å². The van der Waals surface area contributed by atoms with Crippen LogP contribution < -0.4 is 5.73 Å². The van der Waals surface area contributed by atoms with Crippen molar-refractivity contribution >= 4 is 17.6 Å². The molecule has 1 atom stereocenters. The summed E-state index contributed by atoms with van der Waals surface area (Å²) < 4.78 is 5.02. The van der Waals surface area contributed by atoms with Crippen molar-refractivity contribution in [3.05, 3.63) is 34.9 Å². The molecule has 0 saturated carbocycles. The van der Waals surface area contributed by atoms with E-state index in [0.717, 1.165) is 5.56 Å². The number of nitrogens with two attached hydrogens (primary N) is 1. The van der Waals surface area contributed by atoms with E-state index in [4.69, 9.17) is 22.1 Å². The number of carbonyl (C=O) groups excluding carboxylic acids is 1. The summed E-state index contributed by atoms with van der Waals surface area (Å²) in [6, 6.07) is 7.04. The SMILES string of the molecule is CC(N)CC(=O)OCc1cccc(Cl)c1. The number of benzene rings is 1. The van der Waals surface area contributed by atoms with Gasteiger partial charge in [0.15, 0.2) is 0 Å². The van der Waals surface area contributed by atoms with Gasteiger partial charge in [0.05, 0.1) is 6.42 Å². The first-order chi connectivity index (χ1) is 7.08. The van der Waals surface area contributed by atoms with Gasteiger partial charge < -0.3 is 10.5 Å². The molecule has 0 amide bonds. The van der Waals surface area contributed by atoms with Crippen molar-refractivity contribution in [1.29, 1.82) is 0 Å². The van der Waals surface area contributed by atoms with Gasteiger partial charge in [0.1, 0.15) is 6.61 Å². The Kier molecular flexibility index (Phi) is 4.59. The molecule has 0 aliphatic carbocycles. The van der Waals surface area contributed by atoms with E-state index in [1.165, 1.54) is 0 Å². The molecule has 0 spiro atoms. The van der Waals surface area contributed by atoms with Gasteiger partial charge in [-0.3, -0.25) is 4.79 Å². The van der Waals surface area contributed by atoms with Crippen LogP contribution in [0.2, 0.25) is 5.02 Å². The molecule has 1 aromatic rings. The summed E-state index contributed by atoms with van der Waals surface area (Å²) in [5, 5.41) is 0.635. The molecule has 0 heterocycles. The fourth-order valence-corrected chi connectivity index (χ4v) is 1.33. The molecule has 1 aromatic carbocycles. The molecular weight excluding hydrogens is 214 g/mol. The van der Waals surface area contributed by atoms with E-state index in [-0.39, 0.29) is 25.0 Å². The second-order valence-electron chi connectivity index (χ2n) is 3.47. The fourth-order valence-electron chi connectivity index (χ4n) is 1.11. The Labute approximate surface area is 94.2 Å². The Balaban J connectivity index is 2.40. The van der Waals surface area contributed by atoms with Crippen LogP contribution in [0.3, 0.4) is 0 Å². The highest BCUT2D eigenvalue weighted by molar-refractivity contribution is 6.30. The minimum Gasteiger partial charge on any atom is -0.461 e. The molecule has 1 rings (SSSR count). The maximum Gasteiger partial charge on any atom is 0.307 e. The molecule has 15 heavy (non-hydrogen) atoms. The fraction of sp³-hybridized carbons (Fsp3) is 0.364. The number of rotatable bonds is 4. The highest BCUT2D eigenvalue weighted by Crippen LogP contribution is 2.11. The summed E-state index contributed by atoms with van der Waals surface area (Å²) in [4.78, 5) is 11.2. The molecule has 0 bridgehead atoms. The summed E-state index contributed by atoms with van der Waals surface area (Å²) in [6.45, 7) is 2.01. The second kappa shape index (κ2) is 5.73. The van der Waals surface area contributed by atoms with Gasteiger partial charge >= 0.3 is 5.97 Å². The van der Waals surface area contributed by atoms with E-state index < -0.39 is 0 Å². The van der Waals surface area contributed by atoms with E-state index in [2.05, 4.69) is 0 Å². The third-order valence-electron chi connectivity index (χ3n) is 1.78. The molecule has 0 aliphatic heterocycles. The molecule has 3 nitrogen and oxygen atoms in total. The Morgan fingerprint density at radius 3 is 2.93 bits per heavy atom. The lowest BCUT2D eigenvalue weighted by molar-refractivity contribution is -0.145. The summed E-state index contributed by atoms with van der Waals surface area (Å²) in [5.74, 6) is -0.287. The Hall–Kier alpha value is -1.06. The van der Waals surface area contributed by atoms with Gasteiger partial charge in [0.25, 0.3) is 0 Å². The zero-order valence-electron chi connectivity index (χ0n) is 8.57. The van der Waals surface area contributed by atoms with Crippen LogP contribution >= 0.6 is 11.6 Å². The van der Waals surface area contributed by atoms with Gasteiger partial charge in [0, 0.05) is 11.1 Å². The Bertz CT molecular complexity index is 339. The number of halogens is 1. The number of carbonyl (C=O) groups is 1. The van der Waals surface area contributed by atoms with Crippen molar-refractivity contribution in [1.82, 2.24) is 0 Å². The van der Waals surface area contributed by atoms with Crippen LogP contribution in [0, 0.1) is 0 Å². The van der Waals surface area contributed by atoms with Gasteiger partial charge in [-0.2, -0.15) is 0 Å². The molecule has 0 radical (unpaired) electrons. The minimum atomic E-state index is -0.287. The van der Waals surface area contributed by atoms with Crippen LogP contribution in [0.25, 0.3) is 0 Å². The van der Waals surface area contributed by atoms with Gasteiger partial charge in [-0.1, -0.05) is 23.7 Å². The zero-order valence-corrected chi connectivity index (χ0v) is 9.33. The highest BCUT2D eigenvalue weighted by atomic mass is 35.5. The third kappa shape index (κ3) is 4.81. The number of hydrogen-bond donors (Lipinski definition) is 1. The first kappa shape index (κ1) is 12.0. The number of ether oxygens (including phenoxy) is 1. The van der Waals surface area contributed by atoms with Gasteiger partial charge in [-0.25, -0.2) is 0 Å². The predicted molar refractivity (Wildman–Crippen MR) is 59.5 cm³/mol. The summed E-state index contributed by atoms with van der Waals surface area (Å²) in [5.41, 5.74) is 6.34. The van der Waals surface area contributed by atoms with Crippen molar-refractivity contribution < 1.29 is 9.53 Å². The lowest BCUT2D eigenvalue weighted by Crippen LogP contribution is -2.20. The third-order valence-corrected chi connectivity index (χ3v) is 2.01. The summed E-state index contributed by atoms with van der Waals surface area (Å²) in [7, 11) is 0. The van der Waals surface area contributed by atoms with Crippen LogP contribution in [0.5, 0.6) is 0 Å². The molecule has 2 N–H and O–H groups in total. The predicted octanol–water partition coefficient (Wildman–Crippen LogP) is 2.12. The van der Waals surface area contributed by atoms with Crippen molar-refractivity contribution in [2.75, 3.05) is 0 Å². The standard InChI is InChI=1S/C11H14ClNO2/c1-8(13)5-11(14)15-7-9-3-2-4-10(12)6-9/h2-4,6,8H,5,7,13H2,1H3. The van der Waals surface area contributed by atoms with Gasteiger partial charge in [-0.15, -0.1) is 0 Å². The lowest BCUT2D eigenvalue weighted by atomic mass is 10.2. The molecule has 0 aromatic heterocycles. The maximum absolute atomic E-state index is 11.2. The monoisotopic (exact) mass is 227 g/mol. The summed E-state index contributed by atoms with van der Waals surface area (Å²) in [6.07, 6.45) is 0.237. The topological polar surface area (TPSA) is 52.3 Å². The first-order valence-electron chi connectivity index (χ1n) is 4.73. The van der Waals surface area contributed by atoms with E-state index >= 15 is 0 Å². The number of esters is 1. The molecule has 4 heteroatoms. The largest absolute Gasteiger partial charge is 0.461 e. The lowest BCUT2D eigenvalue weighted by Gasteiger charge is -2.06. The molecule has 0 saturated heterocycles. The normalized spacial score (nSPS) is 12.2. The Morgan fingerprint density at radius 2 is 2.33 bits per heavy atom. The first-order valence-corrected chi connectivity index (χ1v) is 5.11. The molecule has 82 valence electrons. The zero-order chi connectivity index (χ0) is 11.3. The second-order valence-corrected chi connectivity index (χ2v) is 3.91. The van der Waals surface area contributed by atoms with Gasteiger partial charge in [0.2, 0.25) is 0 Å². The molecular formula is C11H14ClNO2. The molecule has 1 unspecified atom stereocenters. The van der Waals surface area contributed by atoms with Crippen molar-refractivity contribution in [3.63, 3.8) is 0 Å². The van der Waals surface area contributed by atoms with Crippen LogP contribution in [-0.4, -0.2) is 12.0 Å². The summed E-state index contributed by atoms with van der Waals surface area (Å²) >= 11 is 5.78. The quantitative estimate of drug-likeness (QED) is 0.802. The average Bonchev–Trinajstić information content (AvgIpc) is 2.14. The van der Waals surface area contributed by atoms with E-state index in [1.807, 2.05) is 12.1 Å². The van der Waals surface area contributed by atoms with Crippen molar-refractivity contribution in [3.8, 4) is 0 Å². The van der Waals surface area contributed by atoms with Crippen molar-refractivity contribution in [2.45, 2.75) is 26.0 Å². The Morgan fingerprint density at radius 1 is 1.60 bits per heavy atom. The van der Waals surface area contributed by atoms with E-state index in [1.54, 1.807) is 19.1 Å². The molecule has 0 fully saturated rings. The smallest absolute Gasteiger partial charge is 0.307 e. The van der Waals surface area contributed by atoms with Crippen LogP contribution in [-0.2, 0) is 16.1 Å². The van der Waals surface area contributed by atoms with Crippen LogP contribution in [0.1, 0.15) is 18.9 Å². The highest BCUT2D eigenvalue weighted by Gasteiger charge is 2.06. The van der Waals surface area contributed by atoms with Crippen LogP contribution in [0.15, 0.2) is 24.3 Å². The minimum absolute atomic E-state index is 0.170.